The van der Waals surface area contributed by atoms with Crippen LogP contribution < -0.4 is 11.1 Å². The highest BCUT2D eigenvalue weighted by Crippen LogP contribution is 2.33. The van der Waals surface area contributed by atoms with Crippen LogP contribution in [0.4, 0.5) is 5.82 Å². The number of carbonyl (C=O) groups is 1. The van der Waals surface area contributed by atoms with E-state index in [4.69, 9.17) is 5.73 Å². The van der Waals surface area contributed by atoms with E-state index < -0.39 is 0 Å². The van der Waals surface area contributed by atoms with Crippen LogP contribution in [0.3, 0.4) is 0 Å². The molecule has 0 unspecified atom stereocenters. The van der Waals surface area contributed by atoms with Gasteiger partial charge in [-0.1, -0.05) is 12.8 Å². The van der Waals surface area contributed by atoms with Gasteiger partial charge in [-0.3, -0.25) is 9.89 Å². The maximum absolute atomic E-state index is 12.0. The summed E-state index contributed by atoms with van der Waals surface area (Å²) in [7, 11) is 4.15. The van der Waals surface area contributed by atoms with Gasteiger partial charge in [0, 0.05) is 12.1 Å². The Bertz CT molecular complexity index is 420. The number of nitrogens with zero attached hydrogens (tertiary/aromatic N) is 2. The predicted octanol–water partition coefficient (Wildman–Crippen LogP) is 0.596. The number of nitrogens with one attached hydrogen (secondary N) is 2. The SMILES string of the molecule is CN(C)C1(CNC(=O)c2cn[nH]c2N)CCCC1. The van der Waals surface area contributed by atoms with Gasteiger partial charge in [0.25, 0.3) is 5.91 Å². The zero-order valence-electron chi connectivity index (χ0n) is 11.0. The fourth-order valence-corrected chi connectivity index (χ4v) is 2.63. The van der Waals surface area contributed by atoms with E-state index >= 15 is 0 Å². The van der Waals surface area contributed by atoms with Gasteiger partial charge in [0.15, 0.2) is 0 Å². The van der Waals surface area contributed by atoms with Crippen LogP contribution in [-0.2, 0) is 0 Å². The number of rotatable bonds is 4. The summed E-state index contributed by atoms with van der Waals surface area (Å²) in [5.41, 5.74) is 6.14. The van der Waals surface area contributed by atoms with E-state index in [1.807, 2.05) is 0 Å². The van der Waals surface area contributed by atoms with Crippen molar-refractivity contribution < 1.29 is 4.79 Å². The van der Waals surface area contributed by atoms with E-state index in [0.717, 1.165) is 12.8 Å². The monoisotopic (exact) mass is 251 g/mol. The van der Waals surface area contributed by atoms with Crippen LogP contribution in [0.15, 0.2) is 6.20 Å². The molecule has 0 radical (unpaired) electrons. The molecule has 4 N–H and O–H groups in total. The Balaban J connectivity index is 1.98. The van der Waals surface area contributed by atoms with E-state index in [1.165, 1.54) is 19.0 Å². The molecule has 0 aromatic carbocycles. The molecule has 1 aliphatic carbocycles. The summed E-state index contributed by atoms with van der Waals surface area (Å²) in [6.45, 7) is 0.656. The summed E-state index contributed by atoms with van der Waals surface area (Å²) in [4.78, 5) is 14.2. The van der Waals surface area contributed by atoms with Gasteiger partial charge < -0.3 is 16.0 Å². The summed E-state index contributed by atoms with van der Waals surface area (Å²) >= 11 is 0. The molecule has 1 aliphatic rings. The zero-order valence-corrected chi connectivity index (χ0v) is 11.0. The van der Waals surface area contributed by atoms with Crippen LogP contribution >= 0.6 is 0 Å². The van der Waals surface area contributed by atoms with Crippen molar-refractivity contribution in [2.75, 3.05) is 26.4 Å². The van der Waals surface area contributed by atoms with Gasteiger partial charge in [-0.05, 0) is 26.9 Å². The molecule has 0 atom stereocenters. The second-order valence-corrected chi connectivity index (χ2v) is 5.21. The van der Waals surface area contributed by atoms with E-state index in [-0.39, 0.29) is 11.4 Å². The largest absolute Gasteiger partial charge is 0.383 e. The number of aromatic nitrogens is 2. The molecule has 0 bridgehead atoms. The summed E-state index contributed by atoms with van der Waals surface area (Å²) in [5.74, 6) is 0.159. The van der Waals surface area contributed by atoms with Crippen molar-refractivity contribution in [2.24, 2.45) is 0 Å². The number of hydrogen-bond acceptors (Lipinski definition) is 4. The molecule has 18 heavy (non-hydrogen) atoms. The number of H-pyrrole nitrogens is 1. The normalized spacial score (nSPS) is 18.2. The molecule has 2 rings (SSSR count). The number of hydrogen-bond donors (Lipinski definition) is 3. The van der Waals surface area contributed by atoms with Gasteiger partial charge >= 0.3 is 0 Å². The molecule has 1 aromatic rings. The molecule has 1 aromatic heterocycles. The quantitative estimate of drug-likeness (QED) is 0.731. The Hall–Kier alpha value is -1.56. The standard InChI is InChI=1S/C12H21N5O/c1-17(2)12(5-3-4-6-12)8-14-11(18)9-7-15-16-10(9)13/h7H,3-6,8H2,1-2H3,(H,14,18)(H3,13,15,16). The second-order valence-electron chi connectivity index (χ2n) is 5.21. The van der Waals surface area contributed by atoms with Gasteiger partial charge in [-0.25, -0.2) is 0 Å². The van der Waals surface area contributed by atoms with E-state index in [1.54, 1.807) is 0 Å². The third-order valence-corrected chi connectivity index (χ3v) is 3.97. The van der Waals surface area contributed by atoms with Crippen molar-refractivity contribution >= 4 is 11.7 Å². The van der Waals surface area contributed by atoms with Crippen LogP contribution in [-0.4, -0.2) is 47.2 Å². The Morgan fingerprint density at radius 3 is 2.72 bits per heavy atom. The second kappa shape index (κ2) is 4.97. The smallest absolute Gasteiger partial charge is 0.256 e. The molecule has 6 heteroatoms. The minimum Gasteiger partial charge on any atom is -0.383 e. The van der Waals surface area contributed by atoms with Gasteiger partial charge in [0.2, 0.25) is 0 Å². The van der Waals surface area contributed by atoms with Gasteiger partial charge in [-0.2, -0.15) is 5.10 Å². The lowest BCUT2D eigenvalue weighted by molar-refractivity contribution is 0.0901. The molecule has 0 spiro atoms. The first kappa shape index (κ1) is 12.9. The molecular weight excluding hydrogens is 230 g/mol. The lowest BCUT2D eigenvalue weighted by Gasteiger charge is -2.36. The summed E-state index contributed by atoms with van der Waals surface area (Å²) in [5, 5.41) is 9.29. The van der Waals surface area contributed by atoms with Crippen LogP contribution in [0.25, 0.3) is 0 Å². The Morgan fingerprint density at radius 2 is 2.22 bits per heavy atom. The topological polar surface area (TPSA) is 87.0 Å². The van der Waals surface area contributed by atoms with Crippen molar-refractivity contribution in [3.63, 3.8) is 0 Å². The van der Waals surface area contributed by atoms with E-state index in [0.29, 0.717) is 17.9 Å². The predicted molar refractivity (Wildman–Crippen MR) is 70.2 cm³/mol. The molecule has 6 nitrogen and oxygen atoms in total. The van der Waals surface area contributed by atoms with Crippen molar-refractivity contribution in [3.8, 4) is 0 Å². The van der Waals surface area contributed by atoms with Crippen molar-refractivity contribution in [1.82, 2.24) is 20.4 Å². The Morgan fingerprint density at radius 1 is 1.56 bits per heavy atom. The first-order valence-electron chi connectivity index (χ1n) is 6.30. The fourth-order valence-electron chi connectivity index (χ4n) is 2.63. The fraction of sp³-hybridized carbons (Fsp3) is 0.667. The van der Waals surface area contributed by atoms with E-state index in [2.05, 4.69) is 34.5 Å². The summed E-state index contributed by atoms with van der Waals surface area (Å²) in [6.07, 6.45) is 6.16. The molecule has 1 amide bonds. The van der Waals surface area contributed by atoms with Crippen LogP contribution in [0, 0.1) is 0 Å². The number of anilines is 1. The number of nitrogen functional groups attached to an aromatic ring is 1. The summed E-state index contributed by atoms with van der Waals surface area (Å²) in [6, 6.07) is 0. The van der Waals surface area contributed by atoms with Gasteiger partial charge in [-0.15, -0.1) is 0 Å². The van der Waals surface area contributed by atoms with E-state index in [9.17, 15) is 4.79 Å². The average molecular weight is 251 g/mol. The van der Waals surface area contributed by atoms with Crippen molar-refractivity contribution in [1.29, 1.82) is 0 Å². The summed E-state index contributed by atoms with van der Waals surface area (Å²) < 4.78 is 0. The van der Waals surface area contributed by atoms with Gasteiger partial charge in [0.1, 0.15) is 11.4 Å². The van der Waals surface area contributed by atoms with Crippen molar-refractivity contribution in [3.05, 3.63) is 11.8 Å². The highest BCUT2D eigenvalue weighted by atomic mass is 16.1. The first-order chi connectivity index (χ1) is 8.55. The third-order valence-electron chi connectivity index (χ3n) is 3.97. The highest BCUT2D eigenvalue weighted by Gasteiger charge is 2.36. The Labute approximate surface area is 107 Å². The van der Waals surface area contributed by atoms with Crippen LogP contribution in [0.2, 0.25) is 0 Å². The average Bonchev–Trinajstić information content (AvgIpc) is 2.95. The zero-order chi connectivity index (χ0) is 13.2. The number of likely N-dealkylation sites (N-methyl/N-ethyl adjacent to an activating group) is 1. The number of amides is 1. The molecule has 0 saturated heterocycles. The Kier molecular flexibility index (Phi) is 3.56. The minimum absolute atomic E-state index is 0.0914. The molecule has 100 valence electrons. The van der Waals surface area contributed by atoms with Crippen LogP contribution in [0.1, 0.15) is 36.0 Å². The highest BCUT2D eigenvalue weighted by molar-refractivity contribution is 5.98. The molecule has 1 saturated carbocycles. The molecule has 1 fully saturated rings. The maximum Gasteiger partial charge on any atom is 0.256 e. The third kappa shape index (κ3) is 2.33. The number of aromatic amines is 1. The molecule has 1 heterocycles. The molecule has 0 aliphatic heterocycles. The first-order valence-corrected chi connectivity index (χ1v) is 6.30. The molecular formula is C12H21N5O. The number of carbonyl (C=O) groups excluding carboxylic acids is 1. The van der Waals surface area contributed by atoms with Crippen molar-refractivity contribution in [2.45, 2.75) is 31.2 Å². The van der Waals surface area contributed by atoms with Gasteiger partial charge in [0.05, 0.1) is 6.20 Å². The lowest BCUT2D eigenvalue weighted by atomic mass is 9.96. The maximum atomic E-state index is 12.0. The number of nitrogens with two attached hydrogens (primary N) is 1. The lowest BCUT2D eigenvalue weighted by Crippen LogP contribution is -2.50. The van der Waals surface area contributed by atoms with Crippen LogP contribution in [0.5, 0.6) is 0 Å². The minimum atomic E-state index is -0.158.